The number of carbonyl (C=O) groups is 1. The van der Waals surface area contributed by atoms with E-state index in [1.165, 1.54) is 4.31 Å². The fourth-order valence-corrected chi connectivity index (χ4v) is 5.20. The molecule has 0 spiro atoms. The lowest BCUT2D eigenvalue weighted by Gasteiger charge is -2.39. The SMILES string of the molecule is CCC(C(=O)NC1CC(C)(C)Oc2ccc(OC)cc21)N(c1ccccc1)S(C)(=O)=O. The van der Waals surface area contributed by atoms with Gasteiger partial charge in [0.1, 0.15) is 23.1 Å². The third-order valence-corrected chi connectivity index (χ3v) is 6.51. The minimum absolute atomic E-state index is 0.325. The standard InChI is InChI=1S/C23H30N2O5S/c1-6-20(25(31(5,27)28)16-10-8-7-9-11-16)22(26)24-19-15-23(2,3)30-21-13-12-17(29-4)14-18(19)21/h7-14,19-20H,6,15H2,1-5H3,(H,24,26). The first-order valence-electron chi connectivity index (χ1n) is 10.3. The van der Waals surface area contributed by atoms with E-state index in [1.54, 1.807) is 44.4 Å². The van der Waals surface area contributed by atoms with Gasteiger partial charge in [0.25, 0.3) is 0 Å². The zero-order valence-corrected chi connectivity index (χ0v) is 19.4. The summed E-state index contributed by atoms with van der Waals surface area (Å²) < 4.78 is 37.9. The molecule has 0 fully saturated rings. The lowest BCUT2D eigenvalue weighted by Crippen LogP contribution is -2.51. The second-order valence-corrected chi connectivity index (χ2v) is 10.2. The van der Waals surface area contributed by atoms with E-state index in [0.717, 1.165) is 11.8 Å². The molecule has 2 atom stereocenters. The Hall–Kier alpha value is -2.74. The first-order valence-corrected chi connectivity index (χ1v) is 12.1. The van der Waals surface area contributed by atoms with Gasteiger partial charge < -0.3 is 14.8 Å². The maximum Gasteiger partial charge on any atom is 0.244 e. The van der Waals surface area contributed by atoms with Crippen LogP contribution in [0.25, 0.3) is 0 Å². The molecule has 1 aliphatic heterocycles. The molecule has 0 bridgehead atoms. The monoisotopic (exact) mass is 446 g/mol. The zero-order valence-electron chi connectivity index (χ0n) is 18.6. The first kappa shape index (κ1) is 22.9. The Morgan fingerprint density at radius 3 is 2.52 bits per heavy atom. The largest absolute Gasteiger partial charge is 0.497 e. The highest BCUT2D eigenvalue weighted by Gasteiger charge is 2.38. The number of ether oxygens (including phenoxy) is 2. The molecule has 1 aliphatic rings. The minimum Gasteiger partial charge on any atom is -0.497 e. The Kier molecular flexibility index (Phi) is 6.50. The minimum atomic E-state index is -3.68. The second kappa shape index (κ2) is 8.78. The van der Waals surface area contributed by atoms with Crippen molar-refractivity contribution in [2.24, 2.45) is 0 Å². The van der Waals surface area contributed by atoms with Crippen molar-refractivity contribution in [1.29, 1.82) is 0 Å². The van der Waals surface area contributed by atoms with Gasteiger partial charge in [0.15, 0.2) is 0 Å². The summed E-state index contributed by atoms with van der Waals surface area (Å²) in [7, 11) is -2.10. The van der Waals surface area contributed by atoms with Crippen molar-refractivity contribution in [3.05, 3.63) is 54.1 Å². The summed E-state index contributed by atoms with van der Waals surface area (Å²) in [6.45, 7) is 5.73. The van der Waals surface area contributed by atoms with Crippen LogP contribution in [0.3, 0.4) is 0 Å². The molecular weight excluding hydrogens is 416 g/mol. The normalized spacial score (nSPS) is 18.3. The van der Waals surface area contributed by atoms with Crippen molar-refractivity contribution >= 4 is 21.6 Å². The molecule has 0 saturated heterocycles. The van der Waals surface area contributed by atoms with Crippen LogP contribution in [0.15, 0.2) is 48.5 Å². The molecule has 0 aliphatic carbocycles. The molecule has 0 aromatic heterocycles. The maximum atomic E-state index is 13.4. The van der Waals surface area contributed by atoms with Crippen molar-refractivity contribution < 1.29 is 22.7 Å². The number of amides is 1. The fourth-order valence-electron chi connectivity index (χ4n) is 3.99. The van der Waals surface area contributed by atoms with Gasteiger partial charge in [-0.1, -0.05) is 25.1 Å². The van der Waals surface area contributed by atoms with Crippen LogP contribution >= 0.6 is 0 Å². The summed E-state index contributed by atoms with van der Waals surface area (Å²) in [5, 5.41) is 3.07. The van der Waals surface area contributed by atoms with Gasteiger partial charge >= 0.3 is 0 Å². The molecule has 0 radical (unpaired) electrons. The molecule has 2 aromatic carbocycles. The van der Waals surface area contributed by atoms with E-state index in [1.807, 2.05) is 32.0 Å². The number of sulfonamides is 1. The number of nitrogens with zero attached hydrogens (tertiary/aromatic N) is 1. The summed E-state index contributed by atoms with van der Waals surface area (Å²) >= 11 is 0. The lowest BCUT2D eigenvalue weighted by molar-refractivity contribution is -0.123. The number of methoxy groups -OCH3 is 1. The predicted molar refractivity (Wildman–Crippen MR) is 121 cm³/mol. The van der Waals surface area contributed by atoms with Crippen LogP contribution in [0.4, 0.5) is 5.69 Å². The Labute approximate surface area is 184 Å². The molecule has 168 valence electrons. The second-order valence-electron chi connectivity index (χ2n) is 8.35. The van der Waals surface area contributed by atoms with E-state index in [2.05, 4.69) is 5.32 Å². The van der Waals surface area contributed by atoms with Crippen LogP contribution < -0.4 is 19.1 Å². The van der Waals surface area contributed by atoms with Crippen molar-refractivity contribution in [3.8, 4) is 11.5 Å². The molecule has 2 aromatic rings. The highest BCUT2D eigenvalue weighted by atomic mass is 32.2. The molecule has 31 heavy (non-hydrogen) atoms. The van der Waals surface area contributed by atoms with Crippen LogP contribution in [0, 0.1) is 0 Å². The number of hydrogen-bond donors (Lipinski definition) is 1. The van der Waals surface area contributed by atoms with Gasteiger partial charge in [-0.2, -0.15) is 0 Å². The van der Waals surface area contributed by atoms with E-state index < -0.39 is 21.7 Å². The van der Waals surface area contributed by atoms with Gasteiger partial charge in [-0.3, -0.25) is 9.10 Å². The van der Waals surface area contributed by atoms with E-state index in [0.29, 0.717) is 30.0 Å². The van der Waals surface area contributed by atoms with Gasteiger partial charge in [-0.05, 0) is 50.6 Å². The first-order chi connectivity index (χ1) is 14.6. The number of fused-ring (bicyclic) bond motifs is 1. The average Bonchev–Trinajstić information content (AvgIpc) is 2.70. The topological polar surface area (TPSA) is 84.9 Å². The van der Waals surface area contributed by atoms with Gasteiger partial charge in [-0.25, -0.2) is 8.42 Å². The summed E-state index contributed by atoms with van der Waals surface area (Å²) in [6, 6.07) is 13.0. The van der Waals surface area contributed by atoms with E-state index in [-0.39, 0.29) is 11.9 Å². The molecular formula is C23H30N2O5S. The number of para-hydroxylation sites is 1. The summed E-state index contributed by atoms with van der Waals surface area (Å²) in [6.07, 6.45) is 1.98. The predicted octanol–water partition coefficient (Wildman–Crippen LogP) is 3.66. The molecule has 2 unspecified atom stereocenters. The molecule has 1 heterocycles. The van der Waals surface area contributed by atoms with Crippen molar-refractivity contribution in [2.75, 3.05) is 17.7 Å². The van der Waals surface area contributed by atoms with Gasteiger partial charge in [0.2, 0.25) is 15.9 Å². The van der Waals surface area contributed by atoms with Crippen LogP contribution in [0.5, 0.6) is 11.5 Å². The van der Waals surface area contributed by atoms with Gasteiger partial charge in [0.05, 0.1) is 25.1 Å². The number of nitrogens with one attached hydrogen (secondary N) is 1. The molecule has 8 heteroatoms. The molecule has 1 N–H and O–H groups in total. The molecule has 7 nitrogen and oxygen atoms in total. The van der Waals surface area contributed by atoms with E-state index >= 15 is 0 Å². The van der Waals surface area contributed by atoms with Crippen LogP contribution in [0.2, 0.25) is 0 Å². The number of hydrogen-bond acceptors (Lipinski definition) is 5. The van der Waals surface area contributed by atoms with E-state index in [4.69, 9.17) is 9.47 Å². The maximum absolute atomic E-state index is 13.4. The molecule has 1 amide bonds. The number of anilines is 1. The number of benzene rings is 2. The Morgan fingerprint density at radius 1 is 1.26 bits per heavy atom. The Bertz CT molecular complexity index is 1040. The smallest absolute Gasteiger partial charge is 0.244 e. The summed E-state index contributed by atoms with van der Waals surface area (Å²) in [4.78, 5) is 13.4. The van der Waals surface area contributed by atoms with Crippen LogP contribution in [-0.2, 0) is 14.8 Å². The third kappa shape index (κ3) is 5.12. The number of rotatable bonds is 7. The highest BCUT2D eigenvalue weighted by molar-refractivity contribution is 7.92. The van der Waals surface area contributed by atoms with Crippen LogP contribution in [-0.4, -0.2) is 39.3 Å². The third-order valence-electron chi connectivity index (χ3n) is 5.33. The average molecular weight is 447 g/mol. The van der Waals surface area contributed by atoms with Crippen LogP contribution in [0.1, 0.15) is 45.2 Å². The molecule has 0 saturated carbocycles. The van der Waals surface area contributed by atoms with Crippen molar-refractivity contribution in [3.63, 3.8) is 0 Å². The summed E-state index contributed by atoms with van der Waals surface area (Å²) in [5.74, 6) is 0.988. The number of carbonyl (C=O) groups excluding carboxylic acids is 1. The quantitative estimate of drug-likeness (QED) is 0.702. The summed E-state index contributed by atoms with van der Waals surface area (Å²) in [5.41, 5.74) is 0.783. The van der Waals surface area contributed by atoms with Gasteiger partial charge in [0, 0.05) is 12.0 Å². The zero-order chi connectivity index (χ0) is 22.8. The van der Waals surface area contributed by atoms with E-state index in [9.17, 15) is 13.2 Å². The fraction of sp³-hybridized carbons (Fsp3) is 0.435. The van der Waals surface area contributed by atoms with Gasteiger partial charge in [-0.15, -0.1) is 0 Å². The Balaban J connectivity index is 1.95. The lowest BCUT2D eigenvalue weighted by atomic mass is 9.89. The highest BCUT2D eigenvalue weighted by Crippen LogP contribution is 2.41. The molecule has 3 rings (SSSR count). The Morgan fingerprint density at radius 2 is 1.94 bits per heavy atom. The van der Waals surface area contributed by atoms with Crippen molar-refractivity contribution in [1.82, 2.24) is 5.32 Å². The van der Waals surface area contributed by atoms with Crippen molar-refractivity contribution in [2.45, 2.75) is 51.3 Å².